The van der Waals surface area contributed by atoms with Crippen LogP contribution in [0.15, 0.2) is 36.4 Å². The monoisotopic (exact) mass is 374 g/mol. The molecule has 6 nitrogen and oxygen atoms in total. The minimum absolute atomic E-state index is 0.0407. The average molecular weight is 374 g/mol. The zero-order valence-electron chi connectivity index (χ0n) is 14.7. The van der Waals surface area contributed by atoms with Crippen LogP contribution in [0, 0.1) is 5.92 Å². The molecule has 0 aliphatic carbocycles. The Morgan fingerprint density at radius 2 is 2.04 bits per heavy atom. The summed E-state index contributed by atoms with van der Waals surface area (Å²) < 4.78 is 29.9. The number of carbonyl (C=O) groups is 1. The standard InChI is InChI=1S/C19H22N2O4S/c1-2-25-11-15-9-10-26(23,24)19(15)12-21(13-19)18(22)17-8-7-14-5-3-4-6-16(14)20-17/h3-8,15H,2,9-13H2,1H3/t15-/m1/s1. The maximum absolute atomic E-state index is 12.8. The molecule has 0 N–H and O–H groups in total. The van der Waals surface area contributed by atoms with Crippen molar-refractivity contribution in [2.45, 2.75) is 18.1 Å². The number of sulfone groups is 1. The highest BCUT2D eigenvalue weighted by atomic mass is 32.2. The van der Waals surface area contributed by atoms with Crippen molar-refractivity contribution in [2.75, 3.05) is 32.1 Å². The van der Waals surface area contributed by atoms with Crippen LogP contribution in [0.3, 0.4) is 0 Å². The molecule has 1 aromatic carbocycles. The number of nitrogens with zero attached hydrogens (tertiary/aromatic N) is 2. The molecule has 0 saturated carbocycles. The highest BCUT2D eigenvalue weighted by molar-refractivity contribution is 7.93. The summed E-state index contributed by atoms with van der Waals surface area (Å²) in [5, 5.41) is 0.972. The molecule has 2 fully saturated rings. The van der Waals surface area contributed by atoms with Crippen molar-refractivity contribution < 1.29 is 17.9 Å². The van der Waals surface area contributed by atoms with E-state index >= 15 is 0 Å². The van der Waals surface area contributed by atoms with Gasteiger partial charge in [0.05, 0.1) is 17.9 Å². The summed E-state index contributed by atoms with van der Waals surface area (Å²) in [7, 11) is -3.21. The van der Waals surface area contributed by atoms with E-state index < -0.39 is 14.6 Å². The first-order valence-corrected chi connectivity index (χ1v) is 10.6. The van der Waals surface area contributed by atoms with Gasteiger partial charge in [0, 0.05) is 31.0 Å². The Morgan fingerprint density at radius 1 is 1.27 bits per heavy atom. The zero-order chi connectivity index (χ0) is 18.4. The Balaban J connectivity index is 1.54. The number of hydrogen-bond donors (Lipinski definition) is 0. The minimum Gasteiger partial charge on any atom is -0.381 e. The van der Waals surface area contributed by atoms with E-state index in [1.807, 2.05) is 37.3 Å². The van der Waals surface area contributed by atoms with Crippen LogP contribution >= 0.6 is 0 Å². The zero-order valence-corrected chi connectivity index (χ0v) is 15.5. The molecule has 1 spiro atoms. The van der Waals surface area contributed by atoms with Crippen LogP contribution in [0.4, 0.5) is 0 Å². The van der Waals surface area contributed by atoms with E-state index in [4.69, 9.17) is 4.74 Å². The van der Waals surface area contributed by atoms with E-state index in [2.05, 4.69) is 4.98 Å². The summed E-state index contributed by atoms with van der Waals surface area (Å²) in [6.07, 6.45) is 0.610. The van der Waals surface area contributed by atoms with Crippen molar-refractivity contribution >= 4 is 26.6 Å². The fourth-order valence-electron chi connectivity index (χ4n) is 4.06. The van der Waals surface area contributed by atoms with Gasteiger partial charge in [-0.1, -0.05) is 24.3 Å². The molecule has 4 rings (SSSR count). The van der Waals surface area contributed by atoms with Crippen molar-refractivity contribution in [2.24, 2.45) is 5.92 Å². The second-order valence-corrected chi connectivity index (χ2v) is 9.53. The van der Waals surface area contributed by atoms with Crippen molar-refractivity contribution in [1.29, 1.82) is 0 Å². The van der Waals surface area contributed by atoms with Crippen LogP contribution in [0.5, 0.6) is 0 Å². The van der Waals surface area contributed by atoms with Crippen molar-refractivity contribution in [3.63, 3.8) is 0 Å². The fourth-order valence-corrected chi connectivity index (χ4v) is 6.46. The fraction of sp³-hybridized carbons (Fsp3) is 0.474. The van der Waals surface area contributed by atoms with Gasteiger partial charge in [-0.3, -0.25) is 4.79 Å². The highest BCUT2D eigenvalue weighted by Crippen LogP contribution is 2.45. The number of rotatable bonds is 4. The van der Waals surface area contributed by atoms with E-state index in [-0.39, 0.29) is 30.7 Å². The Kier molecular flexibility index (Phi) is 4.23. The number of carbonyl (C=O) groups excluding carboxylic acids is 1. The first kappa shape index (κ1) is 17.4. The molecular weight excluding hydrogens is 352 g/mol. The number of hydrogen-bond acceptors (Lipinski definition) is 5. The first-order chi connectivity index (χ1) is 12.5. The lowest BCUT2D eigenvalue weighted by molar-refractivity contribution is 0.0267. The van der Waals surface area contributed by atoms with Crippen LogP contribution in [-0.4, -0.2) is 61.0 Å². The SMILES string of the molecule is CCOC[C@H]1CCS(=O)(=O)C12CN(C(=O)c1ccc3ccccc3n1)C2. The third-order valence-electron chi connectivity index (χ3n) is 5.64. The molecule has 1 aromatic heterocycles. The molecule has 0 bridgehead atoms. The molecule has 2 saturated heterocycles. The summed E-state index contributed by atoms with van der Waals surface area (Å²) >= 11 is 0. The number of amides is 1. The molecule has 1 atom stereocenters. The predicted molar refractivity (Wildman–Crippen MR) is 98.8 cm³/mol. The molecule has 1 amide bonds. The van der Waals surface area contributed by atoms with Crippen molar-refractivity contribution in [3.8, 4) is 0 Å². The number of aromatic nitrogens is 1. The minimum atomic E-state index is -3.21. The van der Waals surface area contributed by atoms with Gasteiger partial charge in [0.15, 0.2) is 9.84 Å². The summed E-state index contributed by atoms with van der Waals surface area (Å²) in [4.78, 5) is 18.8. The predicted octanol–water partition coefficient (Wildman–Crippen LogP) is 1.90. The van der Waals surface area contributed by atoms with Gasteiger partial charge in [-0.05, 0) is 25.5 Å². The van der Waals surface area contributed by atoms with Crippen LogP contribution < -0.4 is 0 Å². The third kappa shape index (κ3) is 2.61. The Labute approximate surface area is 153 Å². The molecular formula is C19H22N2O4S. The molecule has 2 aliphatic rings. The summed E-state index contributed by atoms with van der Waals surface area (Å²) in [6, 6.07) is 11.2. The van der Waals surface area contributed by atoms with E-state index in [0.717, 1.165) is 10.9 Å². The molecule has 0 radical (unpaired) electrons. The van der Waals surface area contributed by atoms with Gasteiger partial charge in [0.1, 0.15) is 10.4 Å². The number of para-hydroxylation sites is 1. The van der Waals surface area contributed by atoms with E-state index in [9.17, 15) is 13.2 Å². The summed E-state index contributed by atoms with van der Waals surface area (Å²) in [5.74, 6) is -0.0687. The van der Waals surface area contributed by atoms with Crippen LogP contribution in [0.2, 0.25) is 0 Å². The smallest absolute Gasteiger partial charge is 0.272 e. The number of likely N-dealkylation sites (tertiary alicyclic amines) is 1. The van der Waals surface area contributed by atoms with Crippen LogP contribution in [0.1, 0.15) is 23.8 Å². The van der Waals surface area contributed by atoms with Gasteiger partial charge in [0.2, 0.25) is 0 Å². The molecule has 138 valence electrons. The number of pyridine rings is 1. The molecule has 2 aromatic rings. The van der Waals surface area contributed by atoms with Crippen molar-refractivity contribution in [3.05, 3.63) is 42.1 Å². The topological polar surface area (TPSA) is 76.6 Å². The Morgan fingerprint density at radius 3 is 2.81 bits per heavy atom. The largest absolute Gasteiger partial charge is 0.381 e. The number of fused-ring (bicyclic) bond motifs is 1. The number of benzene rings is 1. The number of ether oxygens (including phenoxy) is 1. The normalized spacial score (nSPS) is 23.3. The second-order valence-electron chi connectivity index (χ2n) is 7.08. The van der Waals surface area contributed by atoms with E-state index in [1.165, 1.54) is 0 Å². The molecule has 3 heterocycles. The van der Waals surface area contributed by atoms with Gasteiger partial charge >= 0.3 is 0 Å². The van der Waals surface area contributed by atoms with Crippen molar-refractivity contribution in [1.82, 2.24) is 9.88 Å². The molecule has 2 aliphatic heterocycles. The van der Waals surface area contributed by atoms with Gasteiger partial charge < -0.3 is 9.64 Å². The Hall–Kier alpha value is -1.99. The molecule has 26 heavy (non-hydrogen) atoms. The highest BCUT2D eigenvalue weighted by Gasteiger charge is 2.62. The maximum atomic E-state index is 12.8. The quantitative estimate of drug-likeness (QED) is 0.817. The van der Waals surface area contributed by atoms with Crippen LogP contribution in [0.25, 0.3) is 10.9 Å². The second kappa shape index (κ2) is 6.32. The lowest BCUT2D eigenvalue weighted by atomic mass is 9.83. The van der Waals surface area contributed by atoms with E-state index in [0.29, 0.717) is 25.3 Å². The van der Waals surface area contributed by atoms with Gasteiger partial charge in [0.25, 0.3) is 5.91 Å². The van der Waals surface area contributed by atoms with E-state index in [1.54, 1.807) is 11.0 Å². The summed E-state index contributed by atoms with van der Waals surface area (Å²) in [5.41, 5.74) is 1.12. The average Bonchev–Trinajstić information content (AvgIpc) is 2.88. The summed E-state index contributed by atoms with van der Waals surface area (Å²) in [6.45, 7) is 3.38. The van der Waals surface area contributed by atoms with Crippen LogP contribution in [-0.2, 0) is 14.6 Å². The molecule has 7 heteroatoms. The maximum Gasteiger partial charge on any atom is 0.272 e. The van der Waals surface area contributed by atoms with Gasteiger partial charge in [-0.25, -0.2) is 13.4 Å². The van der Waals surface area contributed by atoms with Gasteiger partial charge in [-0.15, -0.1) is 0 Å². The molecule has 0 unspecified atom stereocenters. The van der Waals surface area contributed by atoms with Gasteiger partial charge in [-0.2, -0.15) is 0 Å². The lowest BCUT2D eigenvalue weighted by Gasteiger charge is -2.49. The Bertz CT molecular complexity index is 951. The lowest BCUT2D eigenvalue weighted by Crippen LogP contribution is -2.68. The third-order valence-corrected chi connectivity index (χ3v) is 8.25. The first-order valence-electron chi connectivity index (χ1n) is 8.92.